The molecule has 6 atom stereocenters. The fourth-order valence-electron chi connectivity index (χ4n) is 10.6. The van der Waals surface area contributed by atoms with Gasteiger partial charge in [0.1, 0.15) is 29.7 Å². The first kappa shape index (κ1) is 48.1. The molecule has 11 nitrogen and oxygen atoms in total. The number of unbranched alkanes of at least 4 members (excludes halogenated alkanes) is 2. The number of nitriles is 1. The van der Waals surface area contributed by atoms with Crippen LogP contribution >= 0.6 is 0 Å². The number of aliphatic hydroxyl groups excluding tert-OH is 2. The molecule has 2 heterocycles. The number of amides is 1. The summed E-state index contributed by atoms with van der Waals surface area (Å²) in [4.78, 5) is 28.6. The number of rotatable bonds is 19. The molecule has 1 saturated carbocycles. The lowest BCUT2D eigenvalue weighted by Crippen LogP contribution is -2.70. The Morgan fingerprint density at radius 1 is 0.971 bits per heavy atom. The number of aromatic nitrogens is 1. The average Bonchev–Trinajstić information content (AvgIpc) is 3.34. The topological polar surface area (TPSA) is 147 Å². The molecule has 0 spiro atoms. The number of allylic oxidation sites excluding steroid dienone is 1. The highest BCUT2D eigenvalue weighted by molar-refractivity contribution is 6.03. The maximum absolute atomic E-state index is 15.6. The zero-order valence-electron chi connectivity index (χ0n) is 39.8. The van der Waals surface area contributed by atoms with E-state index in [1.165, 1.54) is 0 Å². The highest BCUT2D eigenvalue weighted by Gasteiger charge is 2.65. The second-order valence-electron chi connectivity index (χ2n) is 19.3. The lowest BCUT2D eigenvalue weighted by Gasteiger charge is -2.60. The number of hydrogen-bond donors (Lipinski definition) is 2. The van der Waals surface area contributed by atoms with Crippen molar-refractivity contribution in [3.63, 3.8) is 0 Å². The Hall–Kier alpha value is -6.32. The Morgan fingerprint density at radius 2 is 1.72 bits per heavy atom. The summed E-state index contributed by atoms with van der Waals surface area (Å²) in [5.41, 5.74) is 5.53. The van der Waals surface area contributed by atoms with Crippen LogP contribution in [0, 0.1) is 36.0 Å². The largest absolute Gasteiger partial charge is 0.487 e. The van der Waals surface area contributed by atoms with Crippen molar-refractivity contribution in [2.24, 2.45) is 22.9 Å². The quantitative estimate of drug-likeness (QED) is 0.0469. The van der Waals surface area contributed by atoms with Crippen LogP contribution in [0.25, 0.3) is 10.8 Å². The van der Waals surface area contributed by atoms with Crippen molar-refractivity contribution in [1.82, 2.24) is 9.88 Å². The van der Waals surface area contributed by atoms with Crippen molar-refractivity contribution < 1.29 is 34.1 Å². The Labute approximate surface area is 400 Å². The maximum atomic E-state index is 15.6. The number of benzene rings is 4. The first-order valence-corrected chi connectivity index (χ1v) is 24.1. The molecule has 1 amide bonds. The molecule has 0 bridgehead atoms. The molecule has 4 aromatic carbocycles. The van der Waals surface area contributed by atoms with E-state index in [-0.39, 0.29) is 63.1 Å². The minimum atomic E-state index is -1.48. The summed E-state index contributed by atoms with van der Waals surface area (Å²) in [5.74, 6) is -1.10. The SMILES string of the molecule is C=CCOC12Oc3ccc(OCc4cccc(C)n4)cc3C3C(CCCCO)C(CCCCO)C=C(C(=NOC(C)(C)C)CC1N(Cc1cccc4ccccc14)C(=O)c1ccc(C#N)cc1)C32. The zero-order valence-corrected chi connectivity index (χ0v) is 39.8. The van der Waals surface area contributed by atoms with Gasteiger partial charge < -0.3 is 34.2 Å². The van der Waals surface area contributed by atoms with Gasteiger partial charge in [0.05, 0.1) is 35.6 Å². The summed E-state index contributed by atoms with van der Waals surface area (Å²) < 4.78 is 21.4. The molecular weight excluding hydrogens is 853 g/mol. The molecule has 6 unspecified atom stereocenters. The van der Waals surface area contributed by atoms with Gasteiger partial charge in [0.2, 0.25) is 5.79 Å². The number of aryl methyl sites for hydroxylation is 1. The molecule has 1 fully saturated rings. The zero-order chi connectivity index (χ0) is 47.8. The Bertz CT molecular complexity index is 2680. The third-order valence-corrected chi connectivity index (χ3v) is 13.5. The van der Waals surface area contributed by atoms with Gasteiger partial charge in [0, 0.05) is 48.9 Å². The van der Waals surface area contributed by atoms with E-state index in [0.29, 0.717) is 41.2 Å². The van der Waals surface area contributed by atoms with Gasteiger partial charge >= 0.3 is 0 Å². The summed E-state index contributed by atoms with van der Waals surface area (Å²) in [5, 5.41) is 37.0. The van der Waals surface area contributed by atoms with Gasteiger partial charge in [0.15, 0.2) is 0 Å². The fourth-order valence-corrected chi connectivity index (χ4v) is 10.6. The van der Waals surface area contributed by atoms with Crippen molar-refractivity contribution >= 4 is 22.4 Å². The summed E-state index contributed by atoms with van der Waals surface area (Å²) in [7, 11) is 0. The second kappa shape index (κ2) is 21.3. The summed E-state index contributed by atoms with van der Waals surface area (Å²) in [6.45, 7) is 12.8. The Balaban J connectivity index is 1.37. The number of fused-ring (bicyclic) bond motifs is 3. The molecule has 1 aromatic heterocycles. The fraction of sp³-hybridized carbons (Fsp3) is 0.404. The molecule has 1 aliphatic heterocycles. The second-order valence-corrected chi connectivity index (χ2v) is 19.3. The van der Waals surface area contributed by atoms with Crippen molar-refractivity contribution in [1.29, 1.82) is 5.26 Å². The number of pyridine rings is 1. The Kier molecular flexibility index (Phi) is 15.1. The molecule has 68 heavy (non-hydrogen) atoms. The monoisotopic (exact) mass is 916 g/mol. The van der Waals surface area contributed by atoms with Crippen molar-refractivity contribution in [3.8, 4) is 17.6 Å². The number of aliphatic hydroxyl groups is 2. The van der Waals surface area contributed by atoms with E-state index in [0.717, 1.165) is 64.5 Å². The normalized spacial score (nSPS) is 22.3. The predicted octanol–water partition coefficient (Wildman–Crippen LogP) is 10.8. The molecular formula is C57H64N4O7. The van der Waals surface area contributed by atoms with E-state index >= 15 is 4.79 Å². The van der Waals surface area contributed by atoms with Crippen LogP contribution in [0.15, 0.2) is 133 Å². The van der Waals surface area contributed by atoms with Gasteiger partial charge in [-0.1, -0.05) is 78.7 Å². The van der Waals surface area contributed by atoms with Crippen LogP contribution in [-0.2, 0) is 22.7 Å². The molecule has 5 aromatic rings. The van der Waals surface area contributed by atoms with Crippen LogP contribution < -0.4 is 9.47 Å². The van der Waals surface area contributed by atoms with Crippen LogP contribution in [0.4, 0.5) is 0 Å². The van der Waals surface area contributed by atoms with E-state index in [2.05, 4.69) is 54.0 Å². The van der Waals surface area contributed by atoms with Crippen LogP contribution in [0.3, 0.4) is 0 Å². The lowest BCUT2D eigenvalue weighted by atomic mass is 9.55. The third-order valence-electron chi connectivity index (χ3n) is 13.5. The predicted molar refractivity (Wildman–Crippen MR) is 264 cm³/mol. The summed E-state index contributed by atoms with van der Waals surface area (Å²) in [6, 6.07) is 34.4. The number of carbonyl (C=O) groups excluding carboxylic acids is 1. The van der Waals surface area contributed by atoms with Crippen molar-refractivity contribution in [2.45, 2.75) is 109 Å². The highest BCUT2D eigenvalue weighted by atomic mass is 16.7. The van der Waals surface area contributed by atoms with Crippen LogP contribution in [0.2, 0.25) is 0 Å². The number of hydrogen-bond acceptors (Lipinski definition) is 10. The number of ether oxygens (including phenoxy) is 3. The van der Waals surface area contributed by atoms with Crippen LogP contribution in [0.1, 0.15) is 110 Å². The Morgan fingerprint density at radius 3 is 2.46 bits per heavy atom. The van der Waals surface area contributed by atoms with Crippen LogP contribution in [-0.4, -0.2) is 69.0 Å². The molecule has 0 radical (unpaired) electrons. The lowest BCUT2D eigenvalue weighted by molar-refractivity contribution is -0.255. The van der Waals surface area contributed by atoms with E-state index in [1.54, 1.807) is 30.3 Å². The molecule has 3 aliphatic rings. The van der Waals surface area contributed by atoms with E-state index in [4.69, 9.17) is 24.2 Å². The first-order valence-electron chi connectivity index (χ1n) is 24.1. The summed E-state index contributed by atoms with van der Waals surface area (Å²) in [6.07, 6.45) is 8.85. The number of oxime groups is 1. The minimum Gasteiger partial charge on any atom is -0.487 e. The smallest absolute Gasteiger partial charge is 0.254 e. The molecule has 354 valence electrons. The number of nitrogens with zero attached hydrogens (tertiary/aromatic N) is 4. The van der Waals surface area contributed by atoms with E-state index in [9.17, 15) is 15.5 Å². The van der Waals surface area contributed by atoms with Gasteiger partial charge in [-0.25, -0.2) is 0 Å². The third kappa shape index (κ3) is 10.4. The molecule has 2 aliphatic carbocycles. The van der Waals surface area contributed by atoms with Gasteiger partial charge in [0.25, 0.3) is 5.91 Å². The minimum absolute atomic E-state index is 0.0290. The van der Waals surface area contributed by atoms with E-state index < -0.39 is 23.3 Å². The highest BCUT2D eigenvalue weighted by Crippen LogP contribution is 2.62. The van der Waals surface area contributed by atoms with Gasteiger partial charge in [-0.05, 0) is 142 Å². The van der Waals surface area contributed by atoms with Gasteiger partial charge in [-0.2, -0.15) is 5.26 Å². The molecule has 11 heteroatoms. The van der Waals surface area contributed by atoms with Crippen molar-refractivity contribution in [3.05, 3.63) is 161 Å². The molecule has 2 N–H and O–H groups in total. The maximum Gasteiger partial charge on any atom is 0.254 e. The first-order chi connectivity index (χ1) is 33.0. The van der Waals surface area contributed by atoms with Gasteiger partial charge in [-0.15, -0.1) is 6.58 Å². The molecule has 0 saturated heterocycles. The average molecular weight is 917 g/mol. The van der Waals surface area contributed by atoms with Gasteiger partial charge in [-0.3, -0.25) is 9.78 Å². The summed E-state index contributed by atoms with van der Waals surface area (Å²) >= 11 is 0. The van der Waals surface area contributed by atoms with Crippen molar-refractivity contribution in [2.75, 3.05) is 19.8 Å². The number of carbonyl (C=O) groups is 1. The molecule has 8 rings (SSSR count). The standard InChI is InChI=1S/C57H64N4O7/c1-6-31-66-57-52(61(55(64)41-25-23-39(35-58)24-26-41)36-43-19-14-18-40-16-7-8-21-46(40)43)34-50(60-68-56(3,4)5)48-32-42(17-9-11-29-62)47(22-10-12-30-63)53(54(48)57)49-33-45(27-28-51(49)67-57)65-37-44-20-13-15-38(2)59-44/h6-8,13-16,18-21,23-28,32-33,42,47,52-54,62-63H,1,9-12,17,22,29-31,34,36-37H2,2-5H3. The van der Waals surface area contributed by atoms with Crippen LogP contribution in [0.5, 0.6) is 11.5 Å². The van der Waals surface area contributed by atoms with E-state index in [1.807, 2.05) is 81.1 Å².